The number of fused-ring (bicyclic) bond motifs is 1. The van der Waals surface area contributed by atoms with Gasteiger partial charge in [-0.15, -0.1) is 11.3 Å². The molecule has 1 fully saturated rings. The van der Waals surface area contributed by atoms with E-state index in [1.807, 2.05) is 62.6 Å². The Morgan fingerprint density at radius 2 is 1.89 bits per heavy atom. The summed E-state index contributed by atoms with van der Waals surface area (Å²) in [5.41, 5.74) is 7.19. The largest absolute Gasteiger partial charge is 0.372 e. The van der Waals surface area contributed by atoms with Gasteiger partial charge in [0, 0.05) is 32.9 Å². The highest BCUT2D eigenvalue weighted by Crippen LogP contribution is 2.35. The molecule has 0 radical (unpaired) electrons. The predicted octanol–water partition coefficient (Wildman–Crippen LogP) is 5.38. The number of aromatic nitrogens is 1. The molecule has 0 unspecified atom stereocenters. The fourth-order valence-corrected chi connectivity index (χ4v) is 4.40. The molecular weight excluding hydrogens is 486 g/mol. The molecule has 2 heterocycles. The Hall–Kier alpha value is -4.24. The molecule has 0 aliphatic heterocycles. The zero-order chi connectivity index (χ0) is 27.0. The van der Waals surface area contributed by atoms with Crippen molar-refractivity contribution in [3.63, 3.8) is 0 Å². The molecule has 1 aromatic carbocycles. The van der Waals surface area contributed by atoms with Crippen molar-refractivity contribution in [3.05, 3.63) is 89.1 Å². The zero-order valence-electron chi connectivity index (χ0n) is 21.1. The molecule has 4 rings (SSSR count). The number of nitrogens with two attached hydrogens (primary N) is 1. The lowest BCUT2D eigenvalue weighted by molar-refractivity contribution is -0.106. The van der Waals surface area contributed by atoms with E-state index in [1.54, 1.807) is 12.1 Å². The zero-order valence-corrected chi connectivity index (χ0v) is 21.9. The van der Waals surface area contributed by atoms with Gasteiger partial charge in [0.1, 0.15) is 0 Å². The van der Waals surface area contributed by atoms with Crippen LogP contribution in [0.3, 0.4) is 0 Å². The number of carbonyl (C=O) groups excluding carboxylic acids is 3. The SMILES string of the molecule is C=C/C=C(Nc1ncc(C(=O)NC2(C)CC2)cc1NC(=O)c1csc2ccccc12)\C(C)=C/C.NC=O. The maximum Gasteiger partial charge on any atom is 0.257 e. The van der Waals surface area contributed by atoms with Gasteiger partial charge in [0.25, 0.3) is 11.8 Å². The number of rotatable bonds is 8. The summed E-state index contributed by atoms with van der Waals surface area (Å²) in [4.78, 5) is 39.2. The van der Waals surface area contributed by atoms with Crippen LogP contribution in [0.15, 0.2) is 78.0 Å². The lowest BCUT2D eigenvalue weighted by Gasteiger charge is -2.17. The van der Waals surface area contributed by atoms with Gasteiger partial charge in [0.05, 0.1) is 16.8 Å². The van der Waals surface area contributed by atoms with E-state index in [4.69, 9.17) is 4.79 Å². The van der Waals surface area contributed by atoms with Crippen molar-refractivity contribution in [1.82, 2.24) is 10.3 Å². The first-order valence-corrected chi connectivity index (χ1v) is 12.6. The molecule has 1 aliphatic rings. The van der Waals surface area contributed by atoms with Crippen molar-refractivity contribution >= 4 is 51.2 Å². The molecule has 5 N–H and O–H groups in total. The Morgan fingerprint density at radius 1 is 1.19 bits per heavy atom. The standard InChI is InChI=1S/C27H28N4O2S.CH3NO/c1-5-9-21(17(3)6-2)29-24-22(14-18(15-28-24)25(32)31-27(4)12-13-27)30-26(33)20-16-34-23-11-8-7-10-19(20)23;2-1-3/h5-11,14-16H,1,12-13H2,2-4H3,(H,28,29)(H,30,33)(H,31,32);1H,(H2,2,3)/b17-6-,21-9+;. The van der Waals surface area contributed by atoms with Crippen LogP contribution in [0.2, 0.25) is 0 Å². The first-order chi connectivity index (χ1) is 17.7. The van der Waals surface area contributed by atoms with Gasteiger partial charge in [0.15, 0.2) is 5.82 Å². The first-order valence-electron chi connectivity index (χ1n) is 11.7. The third-order valence-electron chi connectivity index (χ3n) is 5.93. The second kappa shape index (κ2) is 12.1. The monoisotopic (exact) mass is 517 g/mol. The molecule has 0 bridgehead atoms. The lowest BCUT2D eigenvalue weighted by atomic mass is 10.1. The summed E-state index contributed by atoms with van der Waals surface area (Å²) >= 11 is 1.52. The topological polar surface area (TPSA) is 126 Å². The van der Waals surface area contributed by atoms with Crippen molar-refractivity contribution in [2.75, 3.05) is 10.6 Å². The average molecular weight is 518 g/mol. The van der Waals surface area contributed by atoms with Gasteiger partial charge in [-0.3, -0.25) is 14.4 Å². The molecule has 9 heteroatoms. The molecular formula is C28H31N5O3S. The van der Waals surface area contributed by atoms with E-state index in [2.05, 4.69) is 33.2 Å². The van der Waals surface area contributed by atoms with E-state index in [0.717, 1.165) is 34.2 Å². The third kappa shape index (κ3) is 6.92. The first kappa shape index (κ1) is 27.3. The molecule has 3 aromatic rings. The number of nitrogens with zero attached hydrogens (tertiary/aromatic N) is 1. The van der Waals surface area contributed by atoms with Crippen LogP contribution >= 0.6 is 11.3 Å². The number of amides is 3. The third-order valence-corrected chi connectivity index (χ3v) is 6.90. The molecule has 3 amide bonds. The number of anilines is 2. The molecule has 192 valence electrons. The summed E-state index contributed by atoms with van der Waals surface area (Å²) in [5.74, 6) is -0.0237. The van der Waals surface area contributed by atoms with E-state index in [0.29, 0.717) is 22.6 Å². The number of benzene rings is 1. The van der Waals surface area contributed by atoms with Gasteiger partial charge in [0.2, 0.25) is 6.41 Å². The number of thiophene rings is 1. The van der Waals surface area contributed by atoms with Gasteiger partial charge in [-0.25, -0.2) is 4.98 Å². The smallest absolute Gasteiger partial charge is 0.257 e. The van der Waals surface area contributed by atoms with Crippen molar-refractivity contribution in [1.29, 1.82) is 0 Å². The average Bonchev–Trinajstić information content (AvgIpc) is 3.44. The lowest BCUT2D eigenvalue weighted by Crippen LogP contribution is -2.34. The van der Waals surface area contributed by atoms with Gasteiger partial charge < -0.3 is 21.7 Å². The maximum absolute atomic E-state index is 13.3. The minimum Gasteiger partial charge on any atom is -0.372 e. The number of pyridine rings is 1. The van der Waals surface area contributed by atoms with Gasteiger partial charge in [-0.1, -0.05) is 36.9 Å². The van der Waals surface area contributed by atoms with E-state index in [9.17, 15) is 9.59 Å². The van der Waals surface area contributed by atoms with Crippen LogP contribution in [-0.4, -0.2) is 28.7 Å². The van der Waals surface area contributed by atoms with Crippen LogP contribution in [0.25, 0.3) is 10.1 Å². The number of hydrogen-bond donors (Lipinski definition) is 4. The minimum absolute atomic E-state index is 0.157. The van der Waals surface area contributed by atoms with Crippen LogP contribution in [0.5, 0.6) is 0 Å². The normalized spacial score (nSPS) is 14.1. The van der Waals surface area contributed by atoms with Crippen LogP contribution in [0.1, 0.15) is 54.3 Å². The van der Waals surface area contributed by atoms with Crippen LogP contribution in [0.4, 0.5) is 11.5 Å². The Morgan fingerprint density at radius 3 is 2.54 bits per heavy atom. The fourth-order valence-electron chi connectivity index (χ4n) is 3.46. The quantitative estimate of drug-likeness (QED) is 0.236. The van der Waals surface area contributed by atoms with Crippen LogP contribution < -0.4 is 21.7 Å². The highest BCUT2D eigenvalue weighted by molar-refractivity contribution is 7.17. The van der Waals surface area contributed by atoms with E-state index in [1.165, 1.54) is 17.5 Å². The Labute approximate surface area is 220 Å². The molecule has 0 spiro atoms. The van der Waals surface area contributed by atoms with Gasteiger partial charge in [-0.2, -0.15) is 0 Å². The Kier molecular flexibility index (Phi) is 8.97. The number of nitrogens with one attached hydrogen (secondary N) is 3. The summed E-state index contributed by atoms with van der Waals surface area (Å²) in [7, 11) is 0. The van der Waals surface area contributed by atoms with Gasteiger partial charge >= 0.3 is 0 Å². The molecule has 2 aromatic heterocycles. The summed E-state index contributed by atoms with van der Waals surface area (Å²) in [6.07, 6.45) is 9.18. The van der Waals surface area contributed by atoms with Crippen molar-refractivity contribution in [3.8, 4) is 0 Å². The van der Waals surface area contributed by atoms with Crippen LogP contribution in [0, 0.1) is 0 Å². The molecule has 8 nitrogen and oxygen atoms in total. The maximum atomic E-state index is 13.3. The van der Waals surface area contributed by atoms with Crippen LogP contribution in [-0.2, 0) is 4.79 Å². The molecule has 1 saturated carbocycles. The Balaban J connectivity index is 0.00000121. The Bertz CT molecular complexity index is 1390. The van der Waals surface area contributed by atoms with E-state index in [-0.39, 0.29) is 23.8 Å². The van der Waals surface area contributed by atoms with Crippen molar-refractivity contribution in [2.45, 2.75) is 39.2 Å². The van der Waals surface area contributed by atoms with E-state index >= 15 is 0 Å². The molecule has 0 atom stereocenters. The number of primary amides is 1. The summed E-state index contributed by atoms with van der Waals surface area (Å²) in [6.45, 7) is 9.71. The van der Waals surface area contributed by atoms with Crippen molar-refractivity contribution < 1.29 is 14.4 Å². The highest BCUT2D eigenvalue weighted by Gasteiger charge is 2.39. The minimum atomic E-state index is -0.258. The second-order valence-electron chi connectivity index (χ2n) is 8.78. The molecule has 1 aliphatic carbocycles. The molecule has 37 heavy (non-hydrogen) atoms. The summed E-state index contributed by atoms with van der Waals surface area (Å²) < 4.78 is 1.04. The van der Waals surface area contributed by atoms with Crippen molar-refractivity contribution in [2.24, 2.45) is 5.73 Å². The summed E-state index contributed by atoms with van der Waals surface area (Å²) in [6, 6.07) is 9.45. The predicted molar refractivity (Wildman–Crippen MR) is 151 cm³/mol. The van der Waals surface area contributed by atoms with E-state index < -0.39 is 0 Å². The summed E-state index contributed by atoms with van der Waals surface area (Å²) in [5, 5.41) is 12.0. The van der Waals surface area contributed by atoms with Gasteiger partial charge in [-0.05, 0) is 57.4 Å². The molecule has 0 saturated heterocycles. The fraction of sp³-hybridized carbons (Fsp3) is 0.214. The number of allylic oxidation sites excluding steroid dienone is 4. The number of carbonyl (C=O) groups is 3. The second-order valence-corrected chi connectivity index (χ2v) is 9.69. The highest BCUT2D eigenvalue weighted by atomic mass is 32.1. The number of hydrogen-bond acceptors (Lipinski definition) is 6.